The maximum Gasteiger partial charge on any atom is 0.263 e. The summed E-state index contributed by atoms with van der Waals surface area (Å²) in [5.74, 6) is 2.15. The molecule has 0 fully saturated rings. The molecule has 0 saturated heterocycles. The Morgan fingerprint density at radius 1 is 1.15 bits per heavy atom. The van der Waals surface area contributed by atoms with Crippen molar-refractivity contribution in [3.8, 4) is 11.5 Å². The number of imidazole rings is 1. The monoisotopic (exact) mass is 367 g/mol. The normalized spacial score (nSPS) is 12.0. The highest BCUT2D eigenvalue weighted by atomic mass is 16.5. The van der Waals surface area contributed by atoms with Gasteiger partial charge in [0.2, 0.25) is 0 Å². The molecule has 0 spiro atoms. The summed E-state index contributed by atoms with van der Waals surface area (Å²) in [5, 5.41) is 0. The second-order valence-corrected chi connectivity index (χ2v) is 6.39. The van der Waals surface area contributed by atoms with E-state index in [1.54, 1.807) is 50.2 Å². The number of para-hydroxylation sites is 2. The third-order valence-corrected chi connectivity index (χ3v) is 4.52. The predicted molar refractivity (Wildman–Crippen MR) is 105 cm³/mol. The molecule has 0 aliphatic rings. The molecule has 6 nitrogen and oxygen atoms in total. The first-order valence-electron chi connectivity index (χ1n) is 9.03. The molecule has 142 valence electrons. The van der Waals surface area contributed by atoms with Crippen LogP contribution in [0.15, 0.2) is 48.5 Å². The van der Waals surface area contributed by atoms with Gasteiger partial charge >= 0.3 is 0 Å². The van der Waals surface area contributed by atoms with E-state index in [9.17, 15) is 4.79 Å². The fourth-order valence-electron chi connectivity index (χ4n) is 3.11. The molecule has 0 saturated carbocycles. The Bertz CT molecular complexity index is 918. The SMILES string of the molecule is CCn1c(CN(C)C(=O)C(C)Oc2ccc(OC)cc2)nc2ccccc21. The zero-order chi connectivity index (χ0) is 19.4. The van der Waals surface area contributed by atoms with Crippen LogP contribution in [0.25, 0.3) is 11.0 Å². The molecule has 2 aromatic carbocycles. The third-order valence-electron chi connectivity index (χ3n) is 4.52. The van der Waals surface area contributed by atoms with E-state index < -0.39 is 6.10 Å². The minimum Gasteiger partial charge on any atom is -0.497 e. The van der Waals surface area contributed by atoms with Gasteiger partial charge in [-0.3, -0.25) is 4.79 Å². The number of carbonyl (C=O) groups excluding carboxylic acids is 1. The summed E-state index contributed by atoms with van der Waals surface area (Å²) < 4.78 is 13.0. The summed E-state index contributed by atoms with van der Waals surface area (Å²) in [6.07, 6.45) is -0.595. The molecule has 1 atom stereocenters. The first-order valence-corrected chi connectivity index (χ1v) is 9.03. The smallest absolute Gasteiger partial charge is 0.263 e. The van der Waals surface area contributed by atoms with E-state index in [-0.39, 0.29) is 5.91 Å². The van der Waals surface area contributed by atoms with Crippen LogP contribution in [-0.2, 0) is 17.9 Å². The number of aryl methyl sites for hydroxylation is 1. The lowest BCUT2D eigenvalue weighted by atomic mass is 10.3. The molecule has 0 radical (unpaired) electrons. The lowest BCUT2D eigenvalue weighted by Gasteiger charge is -2.22. The van der Waals surface area contributed by atoms with Crippen molar-refractivity contribution < 1.29 is 14.3 Å². The Kier molecular flexibility index (Phi) is 5.64. The second-order valence-electron chi connectivity index (χ2n) is 6.39. The zero-order valence-electron chi connectivity index (χ0n) is 16.2. The number of rotatable bonds is 7. The van der Waals surface area contributed by atoms with Gasteiger partial charge in [-0.1, -0.05) is 12.1 Å². The molecular weight excluding hydrogens is 342 g/mol. The molecule has 0 N–H and O–H groups in total. The second kappa shape index (κ2) is 8.12. The van der Waals surface area contributed by atoms with Gasteiger partial charge in [-0.25, -0.2) is 4.98 Å². The van der Waals surface area contributed by atoms with E-state index in [1.165, 1.54) is 0 Å². The quantitative estimate of drug-likeness (QED) is 0.641. The van der Waals surface area contributed by atoms with Crippen molar-refractivity contribution in [1.82, 2.24) is 14.5 Å². The number of methoxy groups -OCH3 is 1. The minimum atomic E-state index is -0.595. The molecule has 0 aliphatic carbocycles. The Morgan fingerprint density at radius 3 is 2.48 bits per heavy atom. The topological polar surface area (TPSA) is 56.6 Å². The lowest BCUT2D eigenvalue weighted by molar-refractivity contribution is -0.137. The summed E-state index contributed by atoms with van der Waals surface area (Å²) in [5.41, 5.74) is 2.02. The van der Waals surface area contributed by atoms with E-state index in [0.29, 0.717) is 12.3 Å². The number of ether oxygens (including phenoxy) is 2. The molecule has 1 amide bonds. The fourth-order valence-corrected chi connectivity index (χ4v) is 3.11. The van der Waals surface area contributed by atoms with Gasteiger partial charge in [0.1, 0.15) is 17.3 Å². The number of fused-ring (bicyclic) bond motifs is 1. The summed E-state index contributed by atoms with van der Waals surface area (Å²) in [6, 6.07) is 15.2. The van der Waals surface area contributed by atoms with Gasteiger partial charge in [0.05, 0.1) is 24.7 Å². The van der Waals surface area contributed by atoms with Crippen molar-refractivity contribution >= 4 is 16.9 Å². The van der Waals surface area contributed by atoms with Crippen LogP contribution in [0.4, 0.5) is 0 Å². The van der Waals surface area contributed by atoms with Crippen LogP contribution in [-0.4, -0.2) is 40.6 Å². The van der Waals surface area contributed by atoms with E-state index in [2.05, 4.69) is 16.5 Å². The van der Waals surface area contributed by atoms with E-state index in [0.717, 1.165) is 29.2 Å². The summed E-state index contributed by atoms with van der Waals surface area (Å²) in [4.78, 5) is 19.1. The number of hydrogen-bond donors (Lipinski definition) is 0. The van der Waals surface area contributed by atoms with E-state index >= 15 is 0 Å². The molecule has 6 heteroatoms. The van der Waals surface area contributed by atoms with Crippen LogP contribution in [0, 0.1) is 0 Å². The zero-order valence-corrected chi connectivity index (χ0v) is 16.2. The van der Waals surface area contributed by atoms with Crippen molar-refractivity contribution in [2.24, 2.45) is 0 Å². The highest BCUT2D eigenvalue weighted by Crippen LogP contribution is 2.20. The standard InChI is InChI=1S/C21H25N3O3/c1-5-24-19-9-7-6-8-18(19)22-20(24)14-23(3)21(25)15(2)27-17-12-10-16(26-4)11-13-17/h6-13,15H,5,14H2,1-4H3. The fraction of sp³-hybridized carbons (Fsp3) is 0.333. The summed E-state index contributed by atoms with van der Waals surface area (Å²) in [7, 11) is 3.39. The van der Waals surface area contributed by atoms with Crippen LogP contribution >= 0.6 is 0 Å². The first-order chi connectivity index (χ1) is 13.0. The molecule has 0 aliphatic heterocycles. The van der Waals surface area contributed by atoms with Crippen molar-refractivity contribution in [2.75, 3.05) is 14.2 Å². The van der Waals surface area contributed by atoms with Crippen LogP contribution < -0.4 is 9.47 Å². The first kappa shape index (κ1) is 18.8. The minimum absolute atomic E-state index is 0.0967. The van der Waals surface area contributed by atoms with Gasteiger partial charge < -0.3 is 18.9 Å². The number of hydrogen-bond acceptors (Lipinski definition) is 4. The van der Waals surface area contributed by atoms with E-state index in [1.807, 2.05) is 24.3 Å². The van der Waals surface area contributed by atoms with Crippen LogP contribution in [0.1, 0.15) is 19.7 Å². The van der Waals surface area contributed by atoms with Crippen molar-refractivity contribution in [2.45, 2.75) is 33.0 Å². The summed E-state index contributed by atoms with van der Waals surface area (Å²) >= 11 is 0. The Balaban J connectivity index is 1.69. The van der Waals surface area contributed by atoms with Gasteiger partial charge in [-0.05, 0) is 50.2 Å². The largest absolute Gasteiger partial charge is 0.497 e. The predicted octanol–water partition coefficient (Wildman–Crippen LogP) is 3.49. The molecule has 1 heterocycles. The maximum absolute atomic E-state index is 12.7. The van der Waals surface area contributed by atoms with Gasteiger partial charge in [0, 0.05) is 13.6 Å². The van der Waals surface area contributed by atoms with Gasteiger partial charge in [0.15, 0.2) is 6.10 Å². The molecular formula is C21H25N3O3. The molecule has 3 aromatic rings. The number of benzene rings is 2. The summed E-state index contributed by atoms with van der Waals surface area (Å²) in [6.45, 7) is 5.06. The molecule has 1 aromatic heterocycles. The lowest BCUT2D eigenvalue weighted by Crippen LogP contribution is -2.38. The highest BCUT2D eigenvalue weighted by Gasteiger charge is 2.21. The van der Waals surface area contributed by atoms with Gasteiger partial charge in [-0.15, -0.1) is 0 Å². The molecule has 1 unspecified atom stereocenters. The van der Waals surface area contributed by atoms with Crippen LogP contribution in [0.3, 0.4) is 0 Å². The highest BCUT2D eigenvalue weighted by molar-refractivity contribution is 5.81. The van der Waals surface area contributed by atoms with Crippen LogP contribution in [0.5, 0.6) is 11.5 Å². The number of carbonyl (C=O) groups is 1. The molecule has 0 bridgehead atoms. The average molecular weight is 367 g/mol. The Morgan fingerprint density at radius 2 is 1.81 bits per heavy atom. The van der Waals surface area contributed by atoms with Gasteiger partial charge in [-0.2, -0.15) is 0 Å². The van der Waals surface area contributed by atoms with Crippen molar-refractivity contribution in [3.63, 3.8) is 0 Å². The number of nitrogens with zero attached hydrogens (tertiary/aromatic N) is 3. The molecule has 3 rings (SSSR count). The molecule has 27 heavy (non-hydrogen) atoms. The van der Waals surface area contributed by atoms with Gasteiger partial charge in [0.25, 0.3) is 5.91 Å². The Hall–Kier alpha value is -3.02. The van der Waals surface area contributed by atoms with Crippen LogP contribution in [0.2, 0.25) is 0 Å². The van der Waals surface area contributed by atoms with Crippen molar-refractivity contribution in [3.05, 3.63) is 54.4 Å². The maximum atomic E-state index is 12.7. The van der Waals surface area contributed by atoms with E-state index in [4.69, 9.17) is 9.47 Å². The number of likely N-dealkylation sites (N-methyl/N-ethyl adjacent to an activating group) is 1. The van der Waals surface area contributed by atoms with Crippen molar-refractivity contribution in [1.29, 1.82) is 0 Å². The Labute approximate surface area is 159 Å². The average Bonchev–Trinajstić information content (AvgIpc) is 3.04. The number of aromatic nitrogens is 2. The third kappa shape index (κ3) is 4.05. The number of amides is 1.